The highest BCUT2D eigenvalue weighted by Crippen LogP contribution is 1.95. The summed E-state index contributed by atoms with van der Waals surface area (Å²) in [6.45, 7) is 2.03. The molecule has 5 nitrogen and oxygen atoms in total. The second-order valence-corrected chi connectivity index (χ2v) is 4.07. The molecule has 0 aromatic carbocycles. The van der Waals surface area contributed by atoms with Crippen LogP contribution in [0.3, 0.4) is 0 Å². The summed E-state index contributed by atoms with van der Waals surface area (Å²) in [5, 5.41) is 16.8. The Morgan fingerprint density at radius 1 is 1.60 bits per heavy atom. The zero-order valence-corrected chi connectivity index (χ0v) is 9.64. The molecule has 1 heterocycles. The van der Waals surface area contributed by atoms with E-state index in [2.05, 4.69) is 10.4 Å². The van der Waals surface area contributed by atoms with Gasteiger partial charge in [0.1, 0.15) is 0 Å². The van der Waals surface area contributed by atoms with Crippen molar-refractivity contribution in [1.82, 2.24) is 20.0 Å². The number of aliphatic hydroxyl groups excluding tert-OH is 1. The van der Waals surface area contributed by atoms with Gasteiger partial charge in [-0.3, -0.25) is 4.68 Å². The van der Waals surface area contributed by atoms with Gasteiger partial charge in [0.05, 0.1) is 12.3 Å². The summed E-state index contributed by atoms with van der Waals surface area (Å²) >= 11 is 0. The minimum Gasteiger partial charge on any atom is -0.390 e. The van der Waals surface area contributed by atoms with Crippen LogP contribution in [-0.2, 0) is 13.6 Å². The summed E-state index contributed by atoms with van der Waals surface area (Å²) in [7, 11) is 5.79. The maximum absolute atomic E-state index is 9.58. The molecule has 0 radical (unpaired) electrons. The highest BCUT2D eigenvalue weighted by atomic mass is 16.3. The third kappa shape index (κ3) is 4.92. The third-order valence-corrected chi connectivity index (χ3v) is 2.04. The normalized spacial score (nSPS) is 13.4. The topological polar surface area (TPSA) is 53.3 Å². The molecule has 5 heteroatoms. The number of hydrogen-bond acceptors (Lipinski definition) is 4. The molecule has 1 atom stereocenters. The molecule has 0 saturated heterocycles. The van der Waals surface area contributed by atoms with Crippen LogP contribution in [0.5, 0.6) is 0 Å². The molecule has 0 aliphatic rings. The van der Waals surface area contributed by atoms with E-state index in [9.17, 15) is 5.11 Å². The van der Waals surface area contributed by atoms with Crippen molar-refractivity contribution in [1.29, 1.82) is 0 Å². The molecule has 0 fully saturated rings. The fraction of sp³-hybridized carbons (Fsp3) is 0.700. The van der Waals surface area contributed by atoms with E-state index in [1.54, 1.807) is 4.68 Å². The number of aromatic nitrogens is 2. The minimum atomic E-state index is -0.323. The molecule has 2 N–H and O–H groups in total. The molecule has 1 unspecified atom stereocenters. The standard InChI is InChI=1S/C10H20N4O/c1-13(2)8-10(15)6-11-4-9-5-12-14(3)7-9/h5,7,10-11,15H,4,6,8H2,1-3H3. The molecule has 1 aromatic rings. The number of rotatable bonds is 6. The Labute approximate surface area is 90.7 Å². The largest absolute Gasteiger partial charge is 0.390 e. The van der Waals surface area contributed by atoms with E-state index in [1.807, 2.05) is 38.4 Å². The molecule has 0 amide bonds. The molecular weight excluding hydrogens is 192 g/mol. The molecule has 0 saturated carbocycles. The van der Waals surface area contributed by atoms with Crippen molar-refractivity contribution in [2.24, 2.45) is 7.05 Å². The summed E-state index contributed by atoms with van der Waals surface area (Å²) in [6, 6.07) is 0. The van der Waals surface area contributed by atoms with Crippen molar-refractivity contribution in [3.8, 4) is 0 Å². The van der Waals surface area contributed by atoms with E-state index in [4.69, 9.17) is 0 Å². The maximum atomic E-state index is 9.58. The molecule has 1 rings (SSSR count). The fourth-order valence-electron chi connectivity index (χ4n) is 1.43. The van der Waals surface area contributed by atoms with Crippen molar-refractivity contribution in [2.45, 2.75) is 12.6 Å². The lowest BCUT2D eigenvalue weighted by molar-refractivity contribution is 0.134. The Morgan fingerprint density at radius 3 is 2.87 bits per heavy atom. The van der Waals surface area contributed by atoms with E-state index in [0.717, 1.165) is 12.1 Å². The number of likely N-dealkylation sites (N-methyl/N-ethyl adjacent to an activating group) is 1. The van der Waals surface area contributed by atoms with Gasteiger partial charge >= 0.3 is 0 Å². The van der Waals surface area contributed by atoms with Gasteiger partial charge in [-0.15, -0.1) is 0 Å². The Kier molecular flexibility index (Phi) is 4.74. The molecule has 86 valence electrons. The van der Waals surface area contributed by atoms with Gasteiger partial charge in [-0.1, -0.05) is 0 Å². The average Bonchev–Trinajstić information content (AvgIpc) is 2.50. The predicted octanol–water partition coefficient (Wildman–Crippen LogP) is -0.568. The van der Waals surface area contributed by atoms with E-state index in [-0.39, 0.29) is 6.10 Å². The quantitative estimate of drug-likeness (QED) is 0.663. The lowest BCUT2D eigenvalue weighted by Crippen LogP contribution is -2.34. The highest BCUT2D eigenvalue weighted by molar-refractivity contribution is 5.02. The molecular formula is C10H20N4O. The summed E-state index contributed by atoms with van der Waals surface area (Å²) in [4.78, 5) is 1.97. The van der Waals surface area contributed by atoms with Crippen LogP contribution in [-0.4, -0.2) is 53.1 Å². The Morgan fingerprint density at radius 2 is 2.33 bits per heavy atom. The number of nitrogens with zero attached hydrogens (tertiary/aromatic N) is 3. The van der Waals surface area contributed by atoms with Gasteiger partial charge in [0.15, 0.2) is 0 Å². The minimum absolute atomic E-state index is 0.323. The number of hydrogen-bond donors (Lipinski definition) is 2. The molecule has 1 aromatic heterocycles. The van der Waals surface area contributed by atoms with Crippen LogP contribution in [0.2, 0.25) is 0 Å². The molecule has 0 bridgehead atoms. The number of aliphatic hydroxyl groups is 1. The Hall–Kier alpha value is -0.910. The smallest absolute Gasteiger partial charge is 0.0791 e. The molecule has 0 aliphatic carbocycles. The molecule has 0 aliphatic heterocycles. The SMILES string of the molecule is CN(C)CC(O)CNCc1cnn(C)c1. The number of nitrogens with one attached hydrogen (secondary N) is 1. The van der Waals surface area contributed by atoms with Crippen molar-refractivity contribution >= 4 is 0 Å². The van der Waals surface area contributed by atoms with Crippen LogP contribution < -0.4 is 5.32 Å². The van der Waals surface area contributed by atoms with Crippen LogP contribution >= 0.6 is 0 Å². The average molecular weight is 212 g/mol. The second kappa shape index (κ2) is 5.85. The number of aryl methyl sites for hydroxylation is 1. The van der Waals surface area contributed by atoms with Crippen molar-refractivity contribution in [2.75, 3.05) is 27.2 Å². The van der Waals surface area contributed by atoms with Crippen LogP contribution in [0, 0.1) is 0 Å². The van der Waals surface area contributed by atoms with E-state index >= 15 is 0 Å². The van der Waals surface area contributed by atoms with Crippen LogP contribution in [0.25, 0.3) is 0 Å². The molecule has 15 heavy (non-hydrogen) atoms. The summed E-state index contributed by atoms with van der Waals surface area (Å²) in [5.41, 5.74) is 1.13. The van der Waals surface area contributed by atoms with Crippen LogP contribution in [0.1, 0.15) is 5.56 Å². The van der Waals surface area contributed by atoms with Crippen molar-refractivity contribution < 1.29 is 5.11 Å². The fourth-order valence-corrected chi connectivity index (χ4v) is 1.43. The first kappa shape index (κ1) is 12.2. The summed E-state index contributed by atoms with van der Waals surface area (Å²) in [5.74, 6) is 0. The first-order valence-electron chi connectivity index (χ1n) is 5.09. The van der Waals surface area contributed by atoms with Gasteiger partial charge < -0.3 is 15.3 Å². The maximum Gasteiger partial charge on any atom is 0.0791 e. The Balaban J connectivity index is 2.16. The Bertz CT molecular complexity index is 285. The lowest BCUT2D eigenvalue weighted by Gasteiger charge is -2.16. The van der Waals surface area contributed by atoms with E-state index in [1.165, 1.54) is 0 Å². The van der Waals surface area contributed by atoms with Crippen LogP contribution in [0.15, 0.2) is 12.4 Å². The van der Waals surface area contributed by atoms with Crippen LogP contribution in [0.4, 0.5) is 0 Å². The first-order valence-corrected chi connectivity index (χ1v) is 5.09. The zero-order valence-electron chi connectivity index (χ0n) is 9.64. The van der Waals surface area contributed by atoms with Crippen molar-refractivity contribution in [3.05, 3.63) is 18.0 Å². The first-order chi connectivity index (χ1) is 7.08. The van der Waals surface area contributed by atoms with Gasteiger partial charge in [0.2, 0.25) is 0 Å². The lowest BCUT2D eigenvalue weighted by atomic mass is 10.3. The summed E-state index contributed by atoms with van der Waals surface area (Å²) < 4.78 is 1.77. The van der Waals surface area contributed by atoms with E-state index in [0.29, 0.717) is 13.1 Å². The predicted molar refractivity (Wildman–Crippen MR) is 59.5 cm³/mol. The monoisotopic (exact) mass is 212 g/mol. The highest BCUT2D eigenvalue weighted by Gasteiger charge is 2.04. The second-order valence-electron chi connectivity index (χ2n) is 4.07. The third-order valence-electron chi connectivity index (χ3n) is 2.04. The van der Waals surface area contributed by atoms with Gasteiger partial charge in [0.25, 0.3) is 0 Å². The van der Waals surface area contributed by atoms with Gasteiger partial charge in [-0.2, -0.15) is 5.10 Å². The molecule has 0 spiro atoms. The van der Waals surface area contributed by atoms with Crippen molar-refractivity contribution in [3.63, 3.8) is 0 Å². The zero-order chi connectivity index (χ0) is 11.3. The summed E-state index contributed by atoms with van der Waals surface area (Å²) in [6.07, 6.45) is 3.47. The van der Waals surface area contributed by atoms with Gasteiger partial charge in [-0.05, 0) is 14.1 Å². The van der Waals surface area contributed by atoms with Gasteiger partial charge in [-0.25, -0.2) is 0 Å². The van der Waals surface area contributed by atoms with Gasteiger partial charge in [0, 0.05) is 38.4 Å². The van der Waals surface area contributed by atoms with E-state index < -0.39 is 0 Å².